The predicted molar refractivity (Wildman–Crippen MR) is 89.2 cm³/mol. The van der Waals surface area contributed by atoms with Crippen LogP contribution in [0.15, 0.2) is 18.2 Å². The first-order chi connectivity index (χ1) is 9.09. The predicted octanol–water partition coefficient (Wildman–Crippen LogP) is 3.37. The molecular formula is C15H25Cl2FN2O. The fraction of sp³-hybridized carbons (Fsp3) is 0.600. The minimum atomic E-state index is -0.526. The molecule has 6 heteroatoms. The summed E-state index contributed by atoms with van der Waals surface area (Å²) in [4.78, 5) is 2.34. The molecule has 21 heavy (non-hydrogen) atoms. The van der Waals surface area contributed by atoms with Gasteiger partial charge in [-0.1, -0.05) is 26.0 Å². The van der Waals surface area contributed by atoms with Crippen molar-refractivity contribution in [2.45, 2.75) is 26.3 Å². The quantitative estimate of drug-likeness (QED) is 0.883. The molecule has 1 aromatic rings. The molecule has 1 aliphatic heterocycles. The smallest absolute Gasteiger partial charge is 0.165 e. The van der Waals surface area contributed by atoms with E-state index >= 15 is 0 Å². The Bertz CT molecular complexity index is 426. The Balaban J connectivity index is 0.00000200. The number of phenols is 1. The molecule has 0 amide bonds. The van der Waals surface area contributed by atoms with E-state index in [1.54, 1.807) is 6.07 Å². The highest BCUT2D eigenvalue weighted by Gasteiger charge is 2.26. The number of para-hydroxylation sites is 1. The minimum absolute atomic E-state index is 0. The summed E-state index contributed by atoms with van der Waals surface area (Å²) >= 11 is 0. The zero-order valence-electron chi connectivity index (χ0n) is 12.5. The molecule has 0 bridgehead atoms. The van der Waals surface area contributed by atoms with Crippen molar-refractivity contribution in [2.24, 2.45) is 5.92 Å². The van der Waals surface area contributed by atoms with Gasteiger partial charge in [0.2, 0.25) is 0 Å². The normalized spacial score (nSPS) is 17.0. The molecule has 1 atom stereocenters. The Hall–Kier alpha value is -0.550. The number of nitrogens with one attached hydrogen (secondary N) is 1. The highest BCUT2D eigenvalue weighted by molar-refractivity contribution is 5.85. The molecule has 0 spiro atoms. The maximum absolute atomic E-state index is 13.6. The van der Waals surface area contributed by atoms with Gasteiger partial charge >= 0.3 is 0 Å². The van der Waals surface area contributed by atoms with Crippen LogP contribution in [-0.2, 0) is 0 Å². The molecule has 2 N–H and O–H groups in total. The number of aromatic hydroxyl groups is 1. The molecule has 1 heterocycles. The van der Waals surface area contributed by atoms with Crippen LogP contribution in [0.25, 0.3) is 0 Å². The highest BCUT2D eigenvalue weighted by Crippen LogP contribution is 2.34. The number of nitrogens with zero attached hydrogens (tertiary/aromatic N) is 1. The number of phenolic OH excluding ortho intramolecular Hbond substituents is 1. The van der Waals surface area contributed by atoms with E-state index in [0.29, 0.717) is 5.92 Å². The lowest BCUT2D eigenvalue weighted by molar-refractivity contribution is 0.151. The summed E-state index contributed by atoms with van der Waals surface area (Å²) in [7, 11) is 0. The van der Waals surface area contributed by atoms with Gasteiger partial charge in [-0.05, 0) is 18.4 Å². The molecule has 1 aliphatic rings. The third-order valence-corrected chi connectivity index (χ3v) is 3.66. The Kier molecular flexibility index (Phi) is 9.22. The average Bonchev–Trinajstić information content (AvgIpc) is 2.40. The van der Waals surface area contributed by atoms with Crippen molar-refractivity contribution < 1.29 is 9.50 Å². The minimum Gasteiger partial charge on any atom is -0.505 e. The molecule has 1 saturated heterocycles. The molecular weight excluding hydrogens is 314 g/mol. The molecule has 2 rings (SSSR count). The summed E-state index contributed by atoms with van der Waals surface area (Å²) in [6, 6.07) is 4.92. The maximum atomic E-state index is 13.6. The SMILES string of the molecule is CC(C)C[C@@H](c1cccc(F)c1O)N1CCNCC1.Cl.Cl. The summed E-state index contributed by atoms with van der Waals surface area (Å²) in [5.41, 5.74) is 0.718. The Labute approximate surface area is 138 Å². The van der Waals surface area contributed by atoms with E-state index < -0.39 is 5.82 Å². The average molecular weight is 339 g/mol. The van der Waals surface area contributed by atoms with Crippen molar-refractivity contribution in [1.82, 2.24) is 10.2 Å². The fourth-order valence-electron chi connectivity index (χ4n) is 2.71. The van der Waals surface area contributed by atoms with E-state index in [9.17, 15) is 9.50 Å². The van der Waals surface area contributed by atoms with E-state index in [4.69, 9.17) is 0 Å². The highest BCUT2D eigenvalue weighted by atomic mass is 35.5. The van der Waals surface area contributed by atoms with Gasteiger partial charge in [0, 0.05) is 37.8 Å². The lowest BCUT2D eigenvalue weighted by Gasteiger charge is -2.36. The first-order valence-electron chi connectivity index (χ1n) is 7.01. The lowest BCUT2D eigenvalue weighted by atomic mass is 9.94. The second kappa shape index (κ2) is 9.46. The van der Waals surface area contributed by atoms with E-state index in [0.717, 1.165) is 38.2 Å². The van der Waals surface area contributed by atoms with Crippen molar-refractivity contribution in [3.8, 4) is 5.75 Å². The number of piperazine rings is 1. The van der Waals surface area contributed by atoms with Gasteiger partial charge in [0.25, 0.3) is 0 Å². The number of halogens is 3. The van der Waals surface area contributed by atoms with E-state index in [2.05, 4.69) is 24.1 Å². The van der Waals surface area contributed by atoms with Crippen LogP contribution in [-0.4, -0.2) is 36.2 Å². The van der Waals surface area contributed by atoms with Crippen molar-refractivity contribution in [3.05, 3.63) is 29.6 Å². The molecule has 0 aromatic heterocycles. The largest absolute Gasteiger partial charge is 0.505 e. The zero-order chi connectivity index (χ0) is 13.8. The molecule has 0 radical (unpaired) electrons. The molecule has 0 unspecified atom stereocenters. The van der Waals surface area contributed by atoms with Gasteiger partial charge in [-0.3, -0.25) is 4.90 Å². The van der Waals surface area contributed by atoms with Crippen LogP contribution in [0.3, 0.4) is 0 Å². The molecule has 0 saturated carbocycles. The summed E-state index contributed by atoms with van der Waals surface area (Å²) < 4.78 is 13.6. The van der Waals surface area contributed by atoms with Crippen molar-refractivity contribution in [2.75, 3.05) is 26.2 Å². The van der Waals surface area contributed by atoms with Crippen LogP contribution in [0, 0.1) is 11.7 Å². The Morgan fingerprint density at radius 2 is 1.86 bits per heavy atom. The Morgan fingerprint density at radius 3 is 2.43 bits per heavy atom. The summed E-state index contributed by atoms with van der Waals surface area (Å²) in [5.74, 6) is -0.212. The van der Waals surface area contributed by atoms with Crippen LogP contribution < -0.4 is 5.32 Å². The second-order valence-electron chi connectivity index (χ2n) is 5.61. The second-order valence-corrected chi connectivity index (χ2v) is 5.61. The zero-order valence-corrected chi connectivity index (χ0v) is 14.1. The van der Waals surface area contributed by atoms with Gasteiger partial charge in [0.15, 0.2) is 11.6 Å². The molecule has 122 valence electrons. The third kappa shape index (κ3) is 5.29. The van der Waals surface area contributed by atoms with Gasteiger partial charge in [0.1, 0.15) is 0 Å². The summed E-state index contributed by atoms with van der Waals surface area (Å²) in [6.07, 6.45) is 0.928. The first kappa shape index (κ1) is 20.5. The van der Waals surface area contributed by atoms with Gasteiger partial charge in [0.05, 0.1) is 0 Å². The molecule has 1 fully saturated rings. The van der Waals surface area contributed by atoms with Gasteiger partial charge in [-0.2, -0.15) is 0 Å². The van der Waals surface area contributed by atoms with Crippen molar-refractivity contribution in [3.63, 3.8) is 0 Å². The maximum Gasteiger partial charge on any atom is 0.165 e. The standard InChI is InChI=1S/C15H23FN2O.2ClH/c1-11(2)10-14(18-8-6-17-7-9-18)12-4-3-5-13(16)15(12)19;;/h3-5,11,14,17,19H,6-10H2,1-2H3;2*1H/t14-;;/m0../s1. The third-order valence-electron chi connectivity index (χ3n) is 3.66. The van der Waals surface area contributed by atoms with Crippen molar-refractivity contribution in [1.29, 1.82) is 0 Å². The number of hydrogen-bond donors (Lipinski definition) is 2. The first-order valence-corrected chi connectivity index (χ1v) is 7.01. The van der Waals surface area contributed by atoms with Gasteiger partial charge in [-0.15, -0.1) is 24.8 Å². The van der Waals surface area contributed by atoms with Gasteiger partial charge < -0.3 is 10.4 Å². The van der Waals surface area contributed by atoms with E-state index in [1.807, 2.05) is 6.07 Å². The monoisotopic (exact) mass is 338 g/mol. The topological polar surface area (TPSA) is 35.5 Å². The van der Waals surface area contributed by atoms with Crippen LogP contribution in [0.4, 0.5) is 4.39 Å². The van der Waals surface area contributed by atoms with Gasteiger partial charge in [-0.25, -0.2) is 4.39 Å². The summed E-state index contributed by atoms with van der Waals surface area (Å²) in [5, 5.41) is 13.3. The molecule has 1 aromatic carbocycles. The number of benzene rings is 1. The lowest BCUT2D eigenvalue weighted by Crippen LogP contribution is -2.45. The molecule has 3 nitrogen and oxygen atoms in total. The Morgan fingerprint density at radius 1 is 1.24 bits per heavy atom. The van der Waals surface area contributed by atoms with Crippen molar-refractivity contribution >= 4 is 24.8 Å². The number of rotatable bonds is 4. The van der Waals surface area contributed by atoms with E-state index in [1.165, 1.54) is 6.07 Å². The summed E-state index contributed by atoms with van der Waals surface area (Å²) in [6.45, 7) is 8.09. The molecule has 0 aliphatic carbocycles. The fourth-order valence-corrected chi connectivity index (χ4v) is 2.71. The number of hydrogen-bond acceptors (Lipinski definition) is 3. The van der Waals surface area contributed by atoms with Crippen LogP contribution >= 0.6 is 24.8 Å². The van der Waals surface area contributed by atoms with E-state index in [-0.39, 0.29) is 36.6 Å². The van der Waals surface area contributed by atoms with Crippen LogP contribution in [0.1, 0.15) is 31.9 Å². The van der Waals surface area contributed by atoms with Crippen LogP contribution in [0.5, 0.6) is 5.75 Å². The van der Waals surface area contributed by atoms with Crippen LogP contribution in [0.2, 0.25) is 0 Å².